The normalized spacial score (nSPS) is 12.9. The summed E-state index contributed by atoms with van der Waals surface area (Å²) in [5, 5.41) is 34.3. The molecule has 0 spiro atoms. The van der Waals surface area contributed by atoms with Gasteiger partial charge in [0.05, 0.1) is 24.1 Å². The van der Waals surface area contributed by atoms with Gasteiger partial charge in [0.15, 0.2) is 0 Å². The number of carbonyl (C=O) groups excluding carboxylic acids is 2. The molecule has 7 nitrogen and oxygen atoms in total. The van der Waals surface area contributed by atoms with E-state index >= 15 is 0 Å². The molecule has 3 N–H and O–H groups in total. The molecule has 0 heterocycles. The number of aromatic hydroxyl groups is 1. The van der Waals surface area contributed by atoms with Crippen molar-refractivity contribution in [3.63, 3.8) is 0 Å². The molecule has 0 bridgehead atoms. The van der Waals surface area contributed by atoms with Crippen LogP contribution in [0.4, 0.5) is 5.69 Å². The van der Waals surface area contributed by atoms with Gasteiger partial charge in [-0.2, -0.15) is 0 Å². The molecule has 158 valence electrons. The zero-order valence-corrected chi connectivity index (χ0v) is 16.5. The molecular weight excluding hydrogens is 396 g/mol. The van der Waals surface area contributed by atoms with Gasteiger partial charge in [0.1, 0.15) is 11.9 Å². The Balaban J connectivity index is 1.74. The van der Waals surface area contributed by atoms with E-state index in [9.17, 15) is 24.9 Å². The Morgan fingerprint density at radius 2 is 1.71 bits per heavy atom. The van der Waals surface area contributed by atoms with Gasteiger partial charge in [0.2, 0.25) is 5.91 Å². The number of phenolic OH excluding ortho intramolecular Hbond substituents is 1. The highest BCUT2D eigenvalue weighted by Gasteiger charge is 2.24. The maximum absolute atomic E-state index is 12.3. The number of aliphatic hydroxyl groups is 1. The highest BCUT2D eigenvalue weighted by Crippen LogP contribution is 2.23. The van der Waals surface area contributed by atoms with Crippen molar-refractivity contribution in [2.45, 2.75) is 18.6 Å². The van der Waals surface area contributed by atoms with Crippen molar-refractivity contribution in [3.8, 4) is 5.75 Å². The molecule has 0 saturated heterocycles. The van der Waals surface area contributed by atoms with Crippen LogP contribution in [-0.2, 0) is 16.0 Å². The number of aliphatic hydroxyl groups excluding tert-OH is 1. The Kier molecular flexibility index (Phi) is 7.13. The lowest BCUT2D eigenvalue weighted by atomic mass is 10.0. The number of rotatable bonds is 8. The van der Waals surface area contributed by atoms with Crippen molar-refractivity contribution in [1.82, 2.24) is 5.32 Å². The van der Waals surface area contributed by atoms with Crippen LogP contribution >= 0.6 is 0 Å². The molecule has 0 aliphatic rings. The second kappa shape index (κ2) is 10.2. The fraction of sp³-hybridized carbons (Fsp3) is 0.125. The van der Waals surface area contributed by atoms with Gasteiger partial charge in [-0.1, -0.05) is 54.6 Å². The Morgan fingerprint density at radius 3 is 2.42 bits per heavy atom. The lowest BCUT2D eigenvalue weighted by molar-refractivity contribution is -0.310. The monoisotopic (exact) mass is 417 g/mol. The summed E-state index contributed by atoms with van der Waals surface area (Å²) in [6.07, 6.45) is -0.106. The van der Waals surface area contributed by atoms with Crippen molar-refractivity contribution in [1.29, 1.82) is 0 Å². The van der Waals surface area contributed by atoms with E-state index in [1.807, 2.05) is 6.07 Å². The largest absolute Gasteiger partial charge is 0.548 e. The van der Waals surface area contributed by atoms with Crippen molar-refractivity contribution < 1.29 is 24.9 Å². The van der Waals surface area contributed by atoms with Crippen LogP contribution in [-0.4, -0.2) is 34.3 Å². The molecule has 0 aliphatic carbocycles. The van der Waals surface area contributed by atoms with Gasteiger partial charge in [-0.25, -0.2) is 0 Å². The molecule has 2 atom stereocenters. The molecule has 3 aromatic rings. The average Bonchev–Trinajstić information content (AvgIpc) is 2.77. The number of aliphatic carboxylic acids is 1. The number of carboxylic acid groups (broad SMARTS) is 1. The van der Waals surface area contributed by atoms with Crippen LogP contribution in [0.25, 0.3) is 0 Å². The summed E-state index contributed by atoms with van der Waals surface area (Å²) in [5.74, 6) is -2.08. The third kappa shape index (κ3) is 6.01. The third-order valence-corrected chi connectivity index (χ3v) is 4.59. The molecule has 0 aromatic heterocycles. The molecule has 7 heteroatoms. The lowest BCUT2D eigenvalue weighted by Crippen LogP contribution is -2.51. The van der Waals surface area contributed by atoms with Crippen LogP contribution in [0.2, 0.25) is 0 Å². The van der Waals surface area contributed by atoms with Gasteiger partial charge in [-0.15, -0.1) is 0 Å². The van der Waals surface area contributed by atoms with E-state index in [2.05, 4.69) is 10.3 Å². The second-order valence-electron chi connectivity index (χ2n) is 6.88. The number of phenols is 1. The number of nitrogens with one attached hydrogen (secondary N) is 1. The number of carboxylic acids is 1. The molecule has 3 aromatic carbocycles. The van der Waals surface area contributed by atoms with E-state index < -0.39 is 24.0 Å². The number of benzene rings is 3. The van der Waals surface area contributed by atoms with E-state index in [4.69, 9.17) is 0 Å². The SMILES string of the molecule is O=C(Cc1ccccc1)N[C@H](C(=O)[O-])[C@H](O)c1cccc(N=Cc2ccccc2O)c1. The van der Waals surface area contributed by atoms with Crippen LogP contribution in [0.1, 0.15) is 22.8 Å². The number of hydrogen-bond acceptors (Lipinski definition) is 6. The maximum atomic E-state index is 12.3. The molecule has 3 rings (SSSR count). The summed E-state index contributed by atoms with van der Waals surface area (Å²) in [5.41, 5.74) is 1.91. The minimum absolute atomic E-state index is 0.0256. The third-order valence-electron chi connectivity index (χ3n) is 4.59. The van der Waals surface area contributed by atoms with Crippen molar-refractivity contribution in [2.24, 2.45) is 4.99 Å². The van der Waals surface area contributed by atoms with Gasteiger partial charge in [-0.05, 0) is 35.4 Å². The van der Waals surface area contributed by atoms with E-state index in [0.29, 0.717) is 16.8 Å². The number of hydrogen-bond donors (Lipinski definition) is 3. The Hall–Kier alpha value is -3.97. The number of para-hydroxylation sites is 1. The Labute approximate surface area is 179 Å². The number of amides is 1. The first-order valence-corrected chi connectivity index (χ1v) is 9.58. The summed E-state index contributed by atoms with van der Waals surface area (Å²) in [6.45, 7) is 0. The standard InChI is InChI=1S/C24H22N2O5/c27-20-12-5-4-9-18(20)15-25-19-11-6-10-17(14-19)23(29)22(24(30)31)26-21(28)13-16-7-2-1-3-8-16/h1-12,14-15,22-23,27,29H,13H2,(H,26,28)(H,30,31)/p-1/t22-,23+/m0/s1. The molecule has 0 aliphatic heterocycles. The Bertz CT molecular complexity index is 1080. The predicted molar refractivity (Wildman–Crippen MR) is 114 cm³/mol. The summed E-state index contributed by atoms with van der Waals surface area (Å²) < 4.78 is 0. The van der Waals surface area contributed by atoms with Crippen LogP contribution in [0.5, 0.6) is 5.75 Å². The minimum Gasteiger partial charge on any atom is -0.548 e. The van der Waals surface area contributed by atoms with E-state index in [1.54, 1.807) is 54.6 Å². The topological polar surface area (TPSA) is 122 Å². The number of nitrogens with zero attached hydrogens (tertiary/aromatic N) is 1. The first-order valence-electron chi connectivity index (χ1n) is 9.58. The molecule has 0 radical (unpaired) electrons. The zero-order chi connectivity index (χ0) is 22.2. The van der Waals surface area contributed by atoms with Crippen LogP contribution < -0.4 is 10.4 Å². The first-order chi connectivity index (χ1) is 14.9. The summed E-state index contributed by atoms with van der Waals surface area (Å²) >= 11 is 0. The smallest absolute Gasteiger partial charge is 0.225 e. The summed E-state index contributed by atoms with van der Waals surface area (Å²) in [7, 11) is 0. The fourth-order valence-corrected chi connectivity index (χ4v) is 2.99. The molecule has 0 saturated carbocycles. The van der Waals surface area contributed by atoms with E-state index in [0.717, 1.165) is 0 Å². The molecular formula is C24H21N2O5-. The molecule has 0 unspecified atom stereocenters. The second-order valence-corrected chi connectivity index (χ2v) is 6.88. The molecule has 0 fully saturated rings. The summed E-state index contributed by atoms with van der Waals surface area (Å²) in [6, 6.07) is 20.2. The average molecular weight is 417 g/mol. The number of aliphatic imine (C=N–C) groups is 1. The zero-order valence-electron chi connectivity index (χ0n) is 16.5. The highest BCUT2D eigenvalue weighted by atomic mass is 16.4. The van der Waals surface area contributed by atoms with Gasteiger partial charge in [-0.3, -0.25) is 9.79 Å². The Morgan fingerprint density at radius 1 is 1.00 bits per heavy atom. The number of carbonyl (C=O) groups is 2. The maximum Gasteiger partial charge on any atom is 0.225 e. The van der Waals surface area contributed by atoms with Crippen molar-refractivity contribution in [2.75, 3.05) is 0 Å². The lowest BCUT2D eigenvalue weighted by Gasteiger charge is -2.25. The highest BCUT2D eigenvalue weighted by molar-refractivity contribution is 5.86. The van der Waals surface area contributed by atoms with Gasteiger partial charge >= 0.3 is 0 Å². The fourth-order valence-electron chi connectivity index (χ4n) is 2.99. The van der Waals surface area contributed by atoms with Crippen molar-refractivity contribution in [3.05, 3.63) is 95.6 Å². The van der Waals surface area contributed by atoms with Crippen LogP contribution in [0.3, 0.4) is 0 Å². The molecule has 1 amide bonds. The molecule has 31 heavy (non-hydrogen) atoms. The minimum atomic E-state index is -1.63. The van der Waals surface area contributed by atoms with E-state index in [-0.39, 0.29) is 17.7 Å². The van der Waals surface area contributed by atoms with Gasteiger partial charge < -0.3 is 25.4 Å². The van der Waals surface area contributed by atoms with Gasteiger partial charge in [0, 0.05) is 11.8 Å². The van der Waals surface area contributed by atoms with E-state index in [1.165, 1.54) is 24.4 Å². The summed E-state index contributed by atoms with van der Waals surface area (Å²) in [4.78, 5) is 28.1. The predicted octanol–water partition coefficient (Wildman–Crippen LogP) is 1.65. The van der Waals surface area contributed by atoms with Gasteiger partial charge in [0.25, 0.3) is 0 Å². The van der Waals surface area contributed by atoms with Crippen molar-refractivity contribution >= 4 is 23.8 Å². The first kappa shape index (κ1) is 21.7. The van der Waals surface area contributed by atoms with Crippen LogP contribution in [0, 0.1) is 0 Å². The quantitative estimate of drug-likeness (QED) is 0.481. The van der Waals surface area contributed by atoms with Crippen LogP contribution in [0.15, 0.2) is 83.9 Å².